The minimum Gasteiger partial charge on any atom is -0.493 e. The zero-order valence-electron chi connectivity index (χ0n) is 47.1. The molecule has 9 atom stereocenters. The Morgan fingerprint density at radius 3 is 2.11 bits per heavy atom. The number of carboxylic acid groups (broad SMARTS) is 2. The number of halogens is 3. The molecule has 0 saturated carbocycles. The number of anilines is 4. The number of hydrogen-bond acceptors (Lipinski definition) is 20. The molecule has 1 unspecified atom stereocenters. The van der Waals surface area contributed by atoms with Crippen molar-refractivity contribution in [2.75, 3.05) is 41.1 Å². The number of carboxylic acids is 2. The van der Waals surface area contributed by atoms with E-state index in [0.29, 0.717) is 36.3 Å². The maximum Gasteiger partial charge on any atom is 0.490 e. The molecule has 3 aliphatic heterocycles. The number of rotatable bonds is 20. The summed E-state index contributed by atoms with van der Waals surface area (Å²) in [5.41, 5.74) is 6.35. The normalized spacial score (nSPS) is 20.6. The molecule has 3 aromatic carbocycles. The Hall–Kier alpha value is -9.15. The number of amides is 6. The highest BCUT2D eigenvalue weighted by Crippen LogP contribution is 2.42. The fourth-order valence-electron chi connectivity index (χ4n) is 9.03. The first-order valence-corrected chi connectivity index (χ1v) is 26.6. The van der Waals surface area contributed by atoms with Crippen LogP contribution in [0.1, 0.15) is 79.3 Å². The van der Waals surface area contributed by atoms with E-state index in [4.69, 9.17) is 39.3 Å². The van der Waals surface area contributed by atoms with Gasteiger partial charge in [-0.1, -0.05) is 19.9 Å². The van der Waals surface area contributed by atoms with E-state index < -0.39 is 132 Å². The van der Waals surface area contributed by atoms with Gasteiger partial charge in [-0.2, -0.15) is 13.2 Å². The molecule has 0 bridgehead atoms. The third-order valence-corrected chi connectivity index (χ3v) is 13.8. The maximum absolute atomic E-state index is 14.2. The predicted molar refractivity (Wildman–Crippen MR) is 294 cm³/mol. The van der Waals surface area contributed by atoms with Crippen LogP contribution in [-0.2, 0) is 47.1 Å². The Labute approximate surface area is 492 Å². The largest absolute Gasteiger partial charge is 0.493 e. The van der Waals surface area contributed by atoms with Crippen molar-refractivity contribution < 1.29 is 111 Å². The van der Waals surface area contributed by atoms with Crippen molar-refractivity contribution in [1.29, 1.82) is 0 Å². The van der Waals surface area contributed by atoms with Gasteiger partial charge in [0.1, 0.15) is 36.7 Å². The monoisotopic (exact) mass is 1230 g/mol. The maximum atomic E-state index is 14.2. The minimum atomic E-state index is -5.08. The number of fused-ring (bicyclic) bond motifs is 2. The Bertz CT molecular complexity index is 3220. The summed E-state index contributed by atoms with van der Waals surface area (Å²) in [5, 5.41) is 82.0. The van der Waals surface area contributed by atoms with Crippen LogP contribution in [0.3, 0.4) is 0 Å². The van der Waals surface area contributed by atoms with Crippen LogP contribution in [0.15, 0.2) is 66.9 Å². The molecule has 2 fully saturated rings. The van der Waals surface area contributed by atoms with Crippen LogP contribution in [-0.4, -0.2) is 174 Å². The number of carbonyl (C=O) groups is 8. The number of nitrogens with two attached hydrogens (primary N) is 1. The lowest BCUT2D eigenvalue weighted by Gasteiger charge is -2.38. The zero-order valence-corrected chi connectivity index (χ0v) is 47.1. The van der Waals surface area contributed by atoms with Gasteiger partial charge in [-0.25, -0.2) is 19.3 Å². The second-order valence-corrected chi connectivity index (χ2v) is 20.4. The topological polar surface area (TPSA) is 433 Å². The standard InChI is InChI=1S/C52H63N9O19.C2HF3O2/c1-25(2)40(53)47(68)54-26(3)45(66)56-28-12-14-29(15-13-28)57-46(67)35-20-30(23-58(35)4)55-39(62)10-8-18-77-38-22-33-31(21-37(38)76-5)48(69)59-17-7-6-9-32(59)49(70)60(33)52(73)78-24-27-11-16-36(34(19-27)61(74)75)79-51-43(65)41(63)42(64)44(80-51)50(71)72;3-2(4,5)1(6)7/h11-16,19-23,25-26,32,40-44,49,51,63-65,70H,6-10,17-18,24,53H2,1-5H3,(H,54,68)(H,55,62)(H,56,66)(H,57,67)(H,71,72);(H,6,7)/t26-,32-,40-,41-,42-,43+,44-,49?,51+;/m0./s1. The van der Waals surface area contributed by atoms with Crippen LogP contribution < -0.4 is 46.1 Å². The summed E-state index contributed by atoms with van der Waals surface area (Å²) in [6.45, 7) is 4.67. The first-order chi connectivity index (χ1) is 40.9. The number of aryl methyl sites for hydroxylation is 1. The fourth-order valence-corrected chi connectivity index (χ4v) is 9.03. The van der Waals surface area contributed by atoms with Crippen molar-refractivity contribution in [3.05, 3.63) is 93.8 Å². The molecule has 1 aromatic heterocycles. The number of nitrogens with one attached hydrogen (secondary N) is 4. The van der Waals surface area contributed by atoms with Crippen molar-refractivity contribution in [3.8, 4) is 17.2 Å². The van der Waals surface area contributed by atoms with Gasteiger partial charge < -0.3 is 90.8 Å². The fraction of sp³-hybridized carbons (Fsp3) is 0.444. The number of nitro groups is 1. The van der Waals surface area contributed by atoms with Gasteiger partial charge in [-0.05, 0) is 86.6 Å². The second-order valence-electron chi connectivity index (χ2n) is 20.4. The van der Waals surface area contributed by atoms with Gasteiger partial charge in [0, 0.05) is 49.7 Å². The summed E-state index contributed by atoms with van der Waals surface area (Å²) in [7, 11) is 2.95. The van der Waals surface area contributed by atoms with Crippen LogP contribution in [0.2, 0.25) is 0 Å². The Morgan fingerprint density at radius 2 is 1.51 bits per heavy atom. The molecule has 2 saturated heterocycles. The van der Waals surface area contributed by atoms with Crippen molar-refractivity contribution in [1.82, 2.24) is 14.8 Å². The summed E-state index contributed by atoms with van der Waals surface area (Å²) < 4.78 is 61.0. The van der Waals surface area contributed by atoms with Crippen molar-refractivity contribution in [2.24, 2.45) is 18.7 Å². The molecular weight excluding hydrogens is 1170 g/mol. The Kier molecular flexibility index (Phi) is 22.2. The number of piperidine rings is 1. The summed E-state index contributed by atoms with van der Waals surface area (Å²) in [6.07, 6.45) is -14.8. The number of aliphatic hydroxyl groups excluding tert-OH is 4. The van der Waals surface area contributed by atoms with E-state index in [-0.39, 0.29) is 65.9 Å². The second kappa shape index (κ2) is 28.8. The number of aromatic nitrogens is 1. The quantitative estimate of drug-likeness (QED) is 0.0344. The molecule has 7 rings (SSSR count). The van der Waals surface area contributed by atoms with Gasteiger partial charge in [0.2, 0.25) is 24.0 Å². The van der Waals surface area contributed by atoms with E-state index in [1.54, 1.807) is 51.4 Å². The molecule has 87 heavy (non-hydrogen) atoms. The highest BCUT2D eigenvalue weighted by molar-refractivity contribution is 6.06. The number of benzene rings is 3. The lowest BCUT2D eigenvalue weighted by Crippen LogP contribution is -2.61. The van der Waals surface area contributed by atoms with Crippen LogP contribution in [0.25, 0.3) is 0 Å². The Morgan fingerprint density at radius 1 is 0.851 bits per heavy atom. The summed E-state index contributed by atoms with van der Waals surface area (Å²) in [6, 6.07) is 11.2. The third-order valence-electron chi connectivity index (χ3n) is 13.8. The summed E-state index contributed by atoms with van der Waals surface area (Å²) in [5.74, 6) is -7.35. The van der Waals surface area contributed by atoms with Gasteiger partial charge >= 0.3 is 29.9 Å². The SMILES string of the molecule is COc1cc2c(cc1OCCCC(=O)Nc1cc(C(=O)Nc3ccc(NC(=O)[C@H](C)NC(=O)[C@@H](N)C(C)C)cc3)n(C)c1)N(C(=O)OCc1ccc(O[C@@H]3O[C@H](C(=O)O)[C@@H](O)[C@H](O)[C@H]3O)c([N+](=O)[O-])c1)C(O)[C@@H]1CCCCN1C2=O.O=C(O)C(F)(F)F. The van der Waals surface area contributed by atoms with E-state index in [1.807, 2.05) is 0 Å². The highest BCUT2D eigenvalue weighted by atomic mass is 19.4. The molecule has 4 heterocycles. The van der Waals surface area contributed by atoms with Gasteiger partial charge in [-0.15, -0.1) is 0 Å². The first-order valence-electron chi connectivity index (χ1n) is 26.6. The summed E-state index contributed by atoms with van der Waals surface area (Å²) in [4.78, 5) is 114. The molecule has 3 aliphatic rings. The number of hydrogen-bond donors (Lipinski definition) is 11. The van der Waals surface area contributed by atoms with Crippen LogP contribution in [0.5, 0.6) is 17.2 Å². The van der Waals surface area contributed by atoms with E-state index in [9.17, 15) is 82.4 Å². The van der Waals surface area contributed by atoms with E-state index in [0.717, 1.165) is 17.0 Å². The van der Waals surface area contributed by atoms with Gasteiger partial charge in [0.15, 0.2) is 29.6 Å². The van der Waals surface area contributed by atoms with E-state index in [1.165, 1.54) is 47.8 Å². The number of ether oxygens (including phenoxy) is 5. The molecule has 0 radical (unpaired) electrons. The highest BCUT2D eigenvalue weighted by Gasteiger charge is 2.49. The number of aliphatic hydroxyl groups is 4. The van der Waals surface area contributed by atoms with Crippen LogP contribution in [0, 0.1) is 16.0 Å². The van der Waals surface area contributed by atoms with Crippen LogP contribution >= 0.6 is 0 Å². The average Bonchev–Trinajstić information content (AvgIpc) is 1.71. The lowest BCUT2D eigenvalue weighted by molar-refractivity contribution is -0.387. The van der Waals surface area contributed by atoms with Gasteiger partial charge in [0.05, 0.1) is 47.7 Å². The van der Waals surface area contributed by atoms with E-state index >= 15 is 0 Å². The molecular formula is C54H64F3N9O21. The first kappa shape index (κ1) is 67.0. The number of methoxy groups -OCH3 is 1. The average molecular weight is 1230 g/mol. The van der Waals surface area contributed by atoms with Crippen molar-refractivity contribution in [2.45, 2.75) is 121 Å². The predicted octanol–water partition coefficient (Wildman–Crippen LogP) is 2.79. The van der Waals surface area contributed by atoms with Crippen molar-refractivity contribution in [3.63, 3.8) is 0 Å². The molecule has 30 nitrogen and oxygen atoms in total. The minimum absolute atomic E-state index is 0.0233. The van der Waals surface area contributed by atoms with E-state index in [2.05, 4.69) is 21.3 Å². The molecule has 4 aromatic rings. The lowest BCUT2D eigenvalue weighted by atomic mass is 9.99. The van der Waals surface area contributed by atoms with Gasteiger partial charge in [-0.3, -0.25) is 34.1 Å². The smallest absolute Gasteiger partial charge is 0.490 e. The Balaban J connectivity index is 0.00000162. The summed E-state index contributed by atoms with van der Waals surface area (Å²) >= 11 is 0. The zero-order chi connectivity index (χ0) is 64.4. The molecule has 6 amide bonds. The van der Waals surface area contributed by atoms with Gasteiger partial charge in [0.25, 0.3) is 11.8 Å². The molecule has 33 heteroatoms. The van der Waals surface area contributed by atoms with Crippen molar-refractivity contribution >= 4 is 76.0 Å². The number of nitro benzene ring substituents is 1. The number of nitrogens with zero attached hydrogens (tertiary/aromatic N) is 4. The number of carbonyl (C=O) groups excluding carboxylic acids is 6. The molecule has 12 N–H and O–H groups in total. The number of alkyl halides is 3. The molecule has 0 aliphatic carbocycles. The molecule has 472 valence electrons. The van der Waals surface area contributed by atoms with Crippen LogP contribution in [0.4, 0.5) is 46.4 Å². The third kappa shape index (κ3) is 16.6. The number of aliphatic carboxylic acids is 2. The molecule has 0 spiro atoms.